The summed E-state index contributed by atoms with van der Waals surface area (Å²) >= 11 is 0. The number of rotatable bonds is 4. The highest BCUT2D eigenvalue weighted by Crippen LogP contribution is 2.51. The van der Waals surface area contributed by atoms with Gasteiger partial charge in [-0.25, -0.2) is 9.18 Å². The fourth-order valence-corrected chi connectivity index (χ4v) is 3.07. The SMILES string of the molecule is Nc1nc(=O)n(OP(=O)(CC(F)(F)F)CC(F)(F)F)cc1F. The number of nitrogens with two attached hydrogens (primary N) is 1. The van der Waals surface area contributed by atoms with Gasteiger partial charge in [0.05, 0.1) is 6.20 Å². The first-order valence-electron chi connectivity index (χ1n) is 5.17. The number of alkyl halides is 6. The van der Waals surface area contributed by atoms with Gasteiger partial charge in [0.1, 0.15) is 12.3 Å². The average molecular weight is 357 g/mol. The van der Waals surface area contributed by atoms with Crippen LogP contribution in [0.2, 0.25) is 0 Å². The molecule has 1 rings (SSSR count). The predicted molar refractivity (Wildman–Crippen MR) is 58.9 cm³/mol. The van der Waals surface area contributed by atoms with Gasteiger partial charge in [-0.1, -0.05) is 0 Å². The summed E-state index contributed by atoms with van der Waals surface area (Å²) in [6.45, 7) is 0. The van der Waals surface area contributed by atoms with Gasteiger partial charge in [0.15, 0.2) is 11.6 Å². The third kappa shape index (κ3) is 5.54. The summed E-state index contributed by atoms with van der Waals surface area (Å²) in [5, 5.41) is 0. The zero-order valence-corrected chi connectivity index (χ0v) is 11.2. The monoisotopic (exact) mass is 357 g/mol. The molecule has 0 bridgehead atoms. The summed E-state index contributed by atoms with van der Waals surface area (Å²) in [6, 6.07) is 0. The normalized spacial score (nSPS) is 13.2. The zero-order chi connectivity index (χ0) is 17.3. The Bertz CT molecular complexity index is 634. The Hall–Kier alpha value is -1.78. The molecule has 1 aromatic heterocycles. The second kappa shape index (κ2) is 5.78. The third-order valence-electron chi connectivity index (χ3n) is 1.96. The van der Waals surface area contributed by atoms with Crippen molar-refractivity contribution in [2.45, 2.75) is 12.4 Å². The molecule has 1 heterocycles. The quantitative estimate of drug-likeness (QED) is 0.656. The Morgan fingerprint density at radius 1 is 1.18 bits per heavy atom. The molecule has 0 amide bonds. The zero-order valence-electron chi connectivity index (χ0n) is 10.3. The number of aromatic nitrogens is 2. The molecule has 0 atom stereocenters. The van der Waals surface area contributed by atoms with Crippen molar-refractivity contribution in [3.05, 3.63) is 22.5 Å². The molecule has 0 radical (unpaired) electrons. The maximum atomic E-state index is 13.0. The molecule has 0 aromatic carbocycles. The lowest BCUT2D eigenvalue weighted by Crippen LogP contribution is -2.33. The molecule has 0 aliphatic rings. The van der Waals surface area contributed by atoms with E-state index in [1.54, 1.807) is 0 Å². The molecule has 22 heavy (non-hydrogen) atoms. The molecule has 2 N–H and O–H groups in total. The molecule has 0 spiro atoms. The molecule has 0 aliphatic carbocycles. The van der Waals surface area contributed by atoms with Crippen LogP contribution in [-0.4, -0.2) is 34.4 Å². The minimum atomic E-state index is -5.48. The van der Waals surface area contributed by atoms with Crippen LogP contribution in [0.15, 0.2) is 11.0 Å². The number of hydrogen-bond donors (Lipinski definition) is 1. The first-order valence-corrected chi connectivity index (χ1v) is 7.17. The number of hydrogen-bond acceptors (Lipinski definition) is 5. The second-order valence-corrected chi connectivity index (χ2v) is 6.45. The summed E-state index contributed by atoms with van der Waals surface area (Å²) in [6.07, 6.45) is -15.4. The Morgan fingerprint density at radius 2 is 1.64 bits per heavy atom. The van der Waals surface area contributed by atoms with Crippen molar-refractivity contribution in [2.24, 2.45) is 0 Å². The number of anilines is 1. The molecule has 0 saturated heterocycles. The third-order valence-corrected chi connectivity index (χ3v) is 4.11. The minimum Gasteiger partial charge on any atom is -0.381 e. The van der Waals surface area contributed by atoms with Gasteiger partial charge >= 0.3 is 18.0 Å². The fraction of sp³-hybridized carbons (Fsp3) is 0.500. The standard InChI is InChI=1S/C8H7F7N3O3P/c9-4-1-18(6(19)17-5(4)16)21-22(20,2-7(10,11)12)3-8(13,14)15/h1H,2-3H2,(H2,16,17,19). The van der Waals surface area contributed by atoms with Crippen LogP contribution in [0.25, 0.3) is 0 Å². The second-order valence-electron chi connectivity index (χ2n) is 4.03. The van der Waals surface area contributed by atoms with Crippen molar-refractivity contribution in [3.63, 3.8) is 0 Å². The van der Waals surface area contributed by atoms with Gasteiger partial charge in [-0.2, -0.15) is 31.3 Å². The Labute approximate surface area is 117 Å². The number of nitrogen functional groups attached to an aromatic ring is 1. The maximum absolute atomic E-state index is 13.0. The van der Waals surface area contributed by atoms with Gasteiger partial charge < -0.3 is 10.4 Å². The molecule has 1 aromatic rings. The van der Waals surface area contributed by atoms with Crippen LogP contribution in [0, 0.1) is 5.82 Å². The van der Waals surface area contributed by atoms with Gasteiger partial charge in [0.25, 0.3) is 7.37 Å². The summed E-state index contributed by atoms with van der Waals surface area (Å²) in [4.78, 5) is 13.9. The van der Waals surface area contributed by atoms with Gasteiger partial charge in [0, 0.05) is 0 Å². The van der Waals surface area contributed by atoms with Crippen molar-refractivity contribution < 1.29 is 39.9 Å². The minimum absolute atomic E-state index is 0.0457. The van der Waals surface area contributed by atoms with E-state index in [1.165, 1.54) is 0 Å². The molecular weight excluding hydrogens is 350 g/mol. The van der Waals surface area contributed by atoms with Crippen molar-refractivity contribution in [2.75, 3.05) is 18.1 Å². The van der Waals surface area contributed by atoms with Crippen LogP contribution < -0.4 is 16.0 Å². The number of nitrogens with zero attached hydrogens (tertiary/aromatic N) is 2. The van der Waals surface area contributed by atoms with E-state index in [0.29, 0.717) is 0 Å². The largest absolute Gasteiger partial charge is 0.399 e. The topological polar surface area (TPSA) is 87.2 Å². The van der Waals surface area contributed by atoms with E-state index >= 15 is 0 Å². The Kier molecular flexibility index (Phi) is 4.80. The molecule has 14 heteroatoms. The van der Waals surface area contributed by atoms with Crippen molar-refractivity contribution >= 4 is 13.2 Å². The maximum Gasteiger partial charge on any atom is 0.399 e. The fourth-order valence-electron chi connectivity index (χ4n) is 1.31. The molecular formula is C8H7F7N3O3P. The molecule has 0 fully saturated rings. The predicted octanol–water partition coefficient (Wildman–Crippen LogP) is 1.80. The van der Waals surface area contributed by atoms with Gasteiger partial charge in [-0.3, -0.25) is 4.57 Å². The van der Waals surface area contributed by atoms with Crippen molar-refractivity contribution in [1.29, 1.82) is 0 Å². The molecule has 6 nitrogen and oxygen atoms in total. The van der Waals surface area contributed by atoms with Crippen LogP contribution in [-0.2, 0) is 4.57 Å². The van der Waals surface area contributed by atoms with Crippen LogP contribution in [0.5, 0.6) is 0 Å². The highest BCUT2D eigenvalue weighted by atomic mass is 31.2. The first-order chi connectivity index (χ1) is 9.71. The van der Waals surface area contributed by atoms with Crippen LogP contribution in [0.3, 0.4) is 0 Å². The van der Waals surface area contributed by atoms with E-state index in [-0.39, 0.29) is 6.20 Å². The summed E-state index contributed by atoms with van der Waals surface area (Å²) in [5.41, 5.74) is 3.25. The highest BCUT2D eigenvalue weighted by molar-refractivity contribution is 7.59. The van der Waals surface area contributed by atoms with E-state index in [1.807, 2.05) is 0 Å². The average Bonchev–Trinajstić information content (AvgIpc) is 2.19. The van der Waals surface area contributed by atoms with Gasteiger partial charge in [-0.15, -0.1) is 4.73 Å². The first kappa shape index (κ1) is 18.3. The molecule has 0 unspecified atom stereocenters. The smallest absolute Gasteiger partial charge is 0.381 e. The van der Waals surface area contributed by atoms with E-state index in [2.05, 4.69) is 9.61 Å². The van der Waals surface area contributed by atoms with E-state index in [9.17, 15) is 40.1 Å². The summed E-state index contributed by atoms with van der Waals surface area (Å²) in [7, 11) is -5.48. The lowest BCUT2D eigenvalue weighted by atomic mass is 10.6. The van der Waals surface area contributed by atoms with Gasteiger partial charge in [-0.05, 0) is 0 Å². The van der Waals surface area contributed by atoms with Crippen LogP contribution in [0.1, 0.15) is 0 Å². The lowest BCUT2D eigenvalue weighted by Gasteiger charge is -2.21. The van der Waals surface area contributed by atoms with Crippen LogP contribution >= 0.6 is 7.37 Å². The van der Waals surface area contributed by atoms with Crippen LogP contribution in [0.4, 0.5) is 36.6 Å². The van der Waals surface area contributed by atoms with Gasteiger partial charge in [0.2, 0.25) is 0 Å². The van der Waals surface area contributed by atoms with E-state index in [0.717, 1.165) is 0 Å². The number of halogens is 7. The summed E-state index contributed by atoms with van der Waals surface area (Å²) in [5.74, 6) is -2.41. The molecule has 0 aliphatic heterocycles. The van der Waals surface area contributed by atoms with Crippen molar-refractivity contribution in [1.82, 2.24) is 9.71 Å². The summed E-state index contributed by atoms with van der Waals surface area (Å²) < 4.78 is 102. The highest BCUT2D eigenvalue weighted by Gasteiger charge is 2.48. The molecule has 126 valence electrons. The lowest BCUT2D eigenvalue weighted by molar-refractivity contribution is -0.115. The van der Waals surface area contributed by atoms with E-state index in [4.69, 9.17) is 5.73 Å². The Morgan fingerprint density at radius 3 is 2.05 bits per heavy atom. The van der Waals surface area contributed by atoms with Crippen molar-refractivity contribution in [3.8, 4) is 0 Å². The molecule has 0 saturated carbocycles. The Balaban J connectivity index is 3.22. The van der Waals surface area contributed by atoms with E-state index < -0.39 is 54.1 Å².